The van der Waals surface area contributed by atoms with Crippen molar-refractivity contribution >= 4 is 43.6 Å². The molecule has 0 aliphatic carbocycles. The quantitative estimate of drug-likeness (QED) is 0.172. The third-order valence-corrected chi connectivity index (χ3v) is 10.9. The van der Waals surface area contributed by atoms with E-state index in [0.717, 1.165) is 55.3 Å². The predicted molar refractivity (Wildman–Crippen MR) is 230 cm³/mol. The molecule has 0 N–H and O–H groups in total. The summed E-state index contributed by atoms with van der Waals surface area (Å²) in [5, 5.41) is 4.75. The number of benzene rings is 8. The Labute approximate surface area is 323 Å². The summed E-state index contributed by atoms with van der Waals surface area (Å²) in [4.78, 5) is 14.6. The number of hydrogen-bond acceptors (Lipinski definition) is 3. The zero-order valence-corrected chi connectivity index (χ0v) is 30.3. The molecule has 11 aromatic rings. The Morgan fingerprint density at radius 2 is 0.821 bits per heavy atom. The van der Waals surface area contributed by atoms with Crippen LogP contribution in [-0.2, 0) is 0 Å². The van der Waals surface area contributed by atoms with Gasteiger partial charge >= 0.3 is 0 Å². The lowest BCUT2D eigenvalue weighted by atomic mass is 9.98. The maximum atomic E-state index is 5.13. The third-order valence-electron chi connectivity index (χ3n) is 10.9. The van der Waals surface area contributed by atoms with Crippen LogP contribution in [0.1, 0.15) is 0 Å². The van der Waals surface area contributed by atoms with Gasteiger partial charge in [-0.05, 0) is 88.0 Å². The normalized spacial score (nSPS) is 11.6. The van der Waals surface area contributed by atoms with E-state index in [1.807, 2.05) is 6.07 Å². The molecule has 5 heteroatoms. The summed E-state index contributed by atoms with van der Waals surface area (Å²) in [6.07, 6.45) is 1.63. The smallest absolute Gasteiger partial charge is 0.238 e. The minimum absolute atomic E-state index is 0.580. The van der Waals surface area contributed by atoms with E-state index in [1.165, 1.54) is 32.9 Å². The van der Waals surface area contributed by atoms with Gasteiger partial charge in [-0.1, -0.05) is 140 Å². The van der Waals surface area contributed by atoms with E-state index < -0.39 is 0 Å². The highest BCUT2D eigenvalue weighted by Crippen LogP contribution is 2.38. The van der Waals surface area contributed by atoms with Crippen molar-refractivity contribution in [1.29, 1.82) is 0 Å². The fourth-order valence-electron chi connectivity index (χ4n) is 8.25. The second-order valence-electron chi connectivity index (χ2n) is 14.1. The molecule has 0 saturated heterocycles. The van der Waals surface area contributed by atoms with Gasteiger partial charge in [0.2, 0.25) is 5.95 Å². The van der Waals surface area contributed by atoms with E-state index in [9.17, 15) is 0 Å². The number of fused-ring (bicyclic) bond motifs is 6. The Morgan fingerprint density at radius 1 is 0.304 bits per heavy atom. The highest BCUT2D eigenvalue weighted by Gasteiger charge is 2.18. The lowest BCUT2D eigenvalue weighted by Crippen LogP contribution is -2.03. The fourth-order valence-corrected chi connectivity index (χ4v) is 8.25. The van der Waals surface area contributed by atoms with Crippen LogP contribution in [0.25, 0.3) is 100 Å². The van der Waals surface area contributed by atoms with Crippen molar-refractivity contribution in [3.05, 3.63) is 200 Å². The summed E-state index contributed by atoms with van der Waals surface area (Å²) in [6.45, 7) is 0. The van der Waals surface area contributed by atoms with Gasteiger partial charge in [-0.2, -0.15) is 4.98 Å². The van der Waals surface area contributed by atoms with Gasteiger partial charge in [-0.3, -0.25) is 4.57 Å². The van der Waals surface area contributed by atoms with E-state index in [-0.39, 0.29) is 0 Å². The molecule has 262 valence electrons. The van der Waals surface area contributed by atoms with Crippen molar-refractivity contribution in [2.75, 3.05) is 0 Å². The van der Waals surface area contributed by atoms with Crippen LogP contribution in [0.15, 0.2) is 200 Å². The lowest BCUT2D eigenvalue weighted by molar-refractivity contribution is 0.947. The Morgan fingerprint density at radius 3 is 1.59 bits per heavy atom. The van der Waals surface area contributed by atoms with Gasteiger partial charge in [-0.15, -0.1) is 0 Å². The van der Waals surface area contributed by atoms with Crippen LogP contribution in [-0.4, -0.2) is 24.1 Å². The van der Waals surface area contributed by atoms with Crippen LogP contribution < -0.4 is 0 Å². The first kappa shape index (κ1) is 31.9. The van der Waals surface area contributed by atoms with Crippen LogP contribution in [0.3, 0.4) is 0 Å². The average Bonchev–Trinajstić information content (AvgIpc) is 3.79. The monoisotopic (exact) mass is 715 g/mol. The molecule has 8 aromatic carbocycles. The Bertz CT molecular complexity index is 3250. The summed E-state index contributed by atoms with van der Waals surface area (Å²) >= 11 is 0. The van der Waals surface area contributed by atoms with Gasteiger partial charge in [0.25, 0.3) is 0 Å². The summed E-state index contributed by atoms with van der Waals surface area (Å²) in [6, 6.07) is 68.9. The van der Waals surface area contributed by atoms with Crippen LogP contribution >= 0.6 is 0 Å². The maximum Gasteiger partial charge on any atom is 0.238 e. The predicted octanol–water partition coefficient (Wildman–Crippen LogP) is 12.7. The fraction of sp³-hybridized carbons (Fsp3) is 0. The molecule has 0 aliphatic heterocycles. The van der Waals surface area contributed by atoms with Crippen molar-refractivity contribution in [1.82, 2.24) is 24.1 Å². The minimum Gasteiger partial charge on any atom is -0.309 e. The van der Waals surface area contributed by atoms with Gasteiger partial charge in [0.05, 0.1) is 22.1 Å². The van der Waals surface area contributed by atoms with Gasteiger partial charge in [-0.25, -0.2) is 9.97 Å². The molecule has 0 bridgehead atoms. The number of para-hydroxylation sites is 3. The van der Waals surface area contributed by atoms with Gasteiger partial charge < -0.3 is 4.57 Å². The first-order valence-corrected chi connectivity index (χ1v) is 18.8. The molecule has 56 heavy (non-hydrogen) atoms. The molecule has 0 amide bonds. The Hall–Kier alpha value is -7.63. The van der Waals surface area contributed by atoms with E-state index in [4.69, 9.17) is 9.97 Å². The second kappa shape index (κ2) is 13.0. The van der Waals surface area contributed by atoms with Gasteiger partial charge in [0.15, 0.2) is 5.82 Å². The molecule has 0 aliphatic rings. The van der Waals surface area contributed by atoms with Crippen molar-refractivity contribution in [2.24, 2.45) is 0 Å². The van der Waals surface area contributed by atoms with Crippen molar-refractivity contribution in [2.45, 2.75) is 0 Å². The first-order valence-electron chi connectivity index (χ1n) is 18.8. The largest absolute Gasteiger partial charge is 0.309 e. The van der Waals surface area contributed by atoms with Crippen LogP contribution in [0.2, 0.25) is 0 Å². The number of nitrogens with zero attached hydrogens (tertiary/aromatic N) is 5. The van der Waals surface area contributed by atoms with Gasteiger partial charge in [0.1, 0.15) is 6.33 Å². The average molecular weight is 716 g/mol. The molecule has 0 radical (unpaired) electrons. The topological polar surface area (TPSA) is 48.5 Å². The summed E-state index contributed by atoms with van der Waals surface area (Å²) in [7, 11) is 0. The van der Waals surface area contributed by atoms with E-state index in [2.05, 4.69) is 202 Å². The highest BCUT2D eigenvalue weighted by atomic mass is 15.2. The van der Waals surface area contributed by atoms with Crippen molar-refractivity contribution in [3.8, 4) is 56.4 Å². The van der Waals surface area contributed by atoms with Crippen LogP contribution in [0.5, 0.6) is 0 Å². The number of rotatable bonds is 6. The number of hydrogen-bond donors (Lipinski definition) is 0. The molecule has 5 nitrogen and oxygen atoms in total. The molecule has 0 atom stereocenters. The van der Waals surface area contributed by atoms with Crippen molar-refractivity contribution < 1.29 is 0 Å². The zero-order chi connectivity index (χ0) is 37.0. The summed E-state index contributed by atoms with van der Waals surface area (Å²) in [5.74, 6) is 1.20. The molecular formula is C51H33N5. The molecule has 3 aromatic heterocycles. The van der Waals surface area contributed by atoms with Gasteiger partial charge in [0, 0.05) is 32.8 Å². The molecule has 0 fully saturated rings. The molecule has 0 unspecified atom stereocenters. The van der Waals surface area contributed by atoms with E-state index >= 15 is 0 Å². The Balaban J connectivity index is 1.02. The third kappa shape index (κ3) is 5.29. The molecular weight excluding hydrogens is 683 g/mol. The Kier molecular flexibility index (Phi) is 7.42. The van der Waals surface area contributed by atoms with Crippen LogP contribution in [0.4, 0.5) is 0 Å². The molecule has 0 saturated carbocycles. The minimum atomic E-state index is 0.580. The summed E-state index contributed by atoms with van der Waals surface area (Å²) < 4.78 is 4.53. The lowest BCUT2D eigenvalue weighted by Gasteiger charge is -2.10. The molecule has 11 rings (SSSR count). The number of aromatic nitrogens is 5. The van der Waals surface area contributed by atoms with E-state index in [0.29, 0.717) is 11.8 Å². The SMILES string of the molecule is c1ccc(-c2cccc(-c3cccc(-c4ncnc(-n5c6ccccc6c6ccc(-c7ccc8c(c7)c7ccccc7n8-c7ccccc7)cc65)n4)c3)c2)cc1. The maximum absolute atomic E-state index is 5.13. The highest BCUT2D eigenvalue weighted by molar-refractivity contribution is 6.12. The standard InChI is InChI=1S/C51H33N5/c1-3-13-34(14-4-1)35-15-11-16-36(29-35)37-17-12-18-40(30-37)50-52-33-53-51(54-50)56-47-24-10-7-21-42(47)44-27-25-39(32-49(44)56)38-26-28-48-45(31-38)43-22-8-9-23-46(43)55(48)41-19-5-2-6-20-41/h1-33H. The molecule has 3 heterocycles. The first-order chi connectivity index (χ1) is 27.8. The van der Waals surface area contributed by atoms with E-state index in [1.54, 1.807) is 6.33 Å². The van der Waals surface area contributed by atoms with Crippen molar-refractivity contribution in [3.63, 3.8) is 0 Å². The zero-order valence-electron chi connectivity index (χ0n) is 30.3. The molecule has 0 spiro atoms. The second-order valence-corrected chi connectivity index (χ2v) is 14.1. The van der Waals surface area contributed by atoms with Crippen LogP contribution in [0, 0.1) is 0 Å². The summed E-state index contributed by atoms with van der Waals surface area (Å²) in [5.41, 5.74) is 13.4.